The van der Waals surface area contributed by atoms with Gasteiger partial charge in [0.1, 0.15) is 11.3 Å². The molecule has 0 saturated heterocycles. The van der Waals surface area contributed by atoms with Gasteiger partial charge in [-0.05, 0) is 18.3 Å². The molecule has 0 heterocycles. The zero-order valence-electron chi connectivity index (χ0n) is 16.4. The molecule has 1 N–H and O–H groups in total. The number of ketones is 1. The number of aliphatic hydroxyl groups excluding tert-OH is 1. The molecule has 0 aromatic rings. The van der Waals surface area contributed by atoms with Gasteiger partial charge in [-0.3, -0.25) is 4.79 Å². The smallest absolute Gasteiger partial charge is 0.511 e. The first-order valence-electron chi connectivity index (χ1n) is 8.83. The van der Waals surface area contributed by atoms with Gasteiger partial charge in [-0.25, -0.2) is 9.59 Å². The SMILES string of the molecule is CC(C)CCC(C)C(=O)C(C(=O)OC(=O)OCC(C)C)=C(O)C(C)C. The standard InChI is InChI=1S/C19H32O6/c1-11(2)8-9-14(7)17(21)15(16(20)13(5)6)18(22)25-19(23)24-10-12(3)4/h11-14,20H,8-10H2,1-7H3. The summed E-state index contributed by atoms with van der Waals surface area (Å²) in [5, 5.41) is 10.2. The highest BCUT2D eigenvalue weighted by Crippen LogP contribution is 2.22. The van der Waals surface area contributed by atoms with Gasteiger partial charge >= 0.3 is 12.1 Å². The summed E-state index contributed by atoms with van der Waals surface area (Å²) in [6.07, 6.45) is 0.222. The zero-order valence-corrected chi connectivity index (χ0v) is 16.4. The summed E-state index contributed by atoms with van der Waals surface area (Å²) in [6.45, 7) is 12.8. The summed E-state index contributed by atoms with van der Waals surface area (Å²) in [4.78, 5) is 36.5. The third-order valence-corrected chi connectivity index (χ3v) is 3.59. The fourth-order valence-corrected chi connectivity index (χ4v) is 1.97. The van der Waals surface area contributed by atoms with Crippen LogP contribution in [0.25, 0.3) is 0 Å². The Balaban J connectivity index is 5.25. The lowest BCUT2D eigenvalue weighted by Gasteiger charge is -2.16. The van der Waals surface area contributed by atoms with E-state index in [0.717, 1.165) is 6.42 Å². The van der Waals surface area contributed by atoms with Gasteiger partial charge in [0.25, 0.3) is 0 Å². The Morgan fingerprint density at radius 3 is 1.88 bits per heavy atom. The predicted octanol–water partition coefficient (Wildman–Crippen LogP) is 4.43. The highest BCUT2D eigenvalue weighted by Gasteiger charge is 2.31. The van der Waals surface area contributed by atoms with Gasteiger partial charge in [0.2, 0.25) is 0 Å². The minimum atomic E-state index is -1.17. The summed E-state index contributed by atoms with van der Waals surface area (Å²) in [7, 11) is 0. The van der Waals surface area contributed by atoms with Gasteiger partial charge < -0.3 is 14.6 Å². The minimum Gasteiger partial charge on any atom is -0.511 e. The fourth-order valence-electron chi connectivity index (χ4n) is 1.97. The Bertz CT molecular complexity index is 502. The molecule has 1 atom stereocenters. The van der Waals surface area contributed by atoms with Crippen LogP contribution in [-0.2, 0) is 19.1 Å². The summed E-state index contributed by atoms with van der Waals surface area (Å²) >= 11 is 0. The second kappa shape index (κ2) is 10.9. The Morgan fingerprint density at radius 1 is 0.880 bits per heavy atom. The molecule has 0 saturated carbocycles. The molecule has 6 nitrogen and oxygen atoms in total. The minimum absolute atomic E-state index is 0.0828. The van der Waals surface area contributed by atoms with E-state index in [1.54, 1.807) is 20.8 Å². The molecular weight excluding hydrogens is 324 g/mol. The summed E-state index contributed by atoms with van der Waals surface area (Å²) in [5.74, 6) is -2.47. The van der Waals surface area contributed by atoms with E-state index < -0.39 is 35.3 Å². The molecule has 0 radical (unpaired) electrons. The van der Waals surface area contributed by atoms with Gasteiger partial charge in [-0.2, -0.15) is 0 Å². The van der Waals surface area contributed by atoms with Crippen LogP contribution >= 0.6 is 0 Å². The Morgan fingerprint density at radius 2 is 1.44 bits per heavy atom. The van der Waals surface area contributed by atoms with E-state index >= 15 is 0 Å². The van der Waals surface area contributed by atoms with Crippen molar-refractivity contribution >= 4 is 17.9 Å². The van der Waals surface area contributed by atoms with Crippen LogP contribution in [0, 0.1) is 23.7 Å². The fraction of sp³-hybridized carbons (Fsp3) is 0.737. The maximum Gasteiger partial charge on any atom is 0.516 e. The van der Waals surface area contributed by atoms with E-state index in [1.807, 2.05) is 27.7 Å². The van der Waals surface area contributed by atoms with E-state index in [1.165, 1.54) is 0 Å². The number of allylic oxidation sites excluding steroid dienone is 1. The van der Waals surface area contributed by atoms with Gasteiger partial charge in [-0.1, -0.05) is 54.9 Å². The molecular formula is C19H32O6. The monoisotopic (exact) mass is 356 g/mol. The first-order chi connectivity index (χ1) is 11.5. The van der Waals surface area contributed by atoms with Crippen LogP contribution in [0.2, 0.25) is 0 Å². The number of carbonyl (C=O) groups is 3. The molecule has 1 unspecified atom stereocenters. The average Bonchev–Trinajstić information content (AvgIpc) is 2.50. The number of Topliss-reactive ketones (excluding diaryl/α,β-unsaturated/α-hetero) is 1. The molecule has 0 aliphatic carbocycles. The van der Waals surface area contributed by atoms with Crippen LogP contribution in [-0.4, -0.2) is 29.6 Å². The molecule has 6 heteroatoms. The molecule has 0 bridgehead atoms. The number of rotatable bonds is 9. The molecule has 0 fully saturated rings. The van der Waals surface area contributed by atoms with Crippen LogP contribution in [0.5, 0.6) is 0 Å². The van der Waals surface area contributed by atoms with E-state index in [0.29, 0.717) is 12.3 Å². The van der Waals surface area contributed by atoms with Gasteiger partial charge in [0, 0.05) is 11.8 Å². The predicted molar refractivity (Wildman–Crippen MR) is 95.0 cm³/mol. The van der Waals surface area contributed by atoms with Crippen molar-refractivity contribution in [3.05, 3.63) is 11.3 Å². The molecule has 0 aliphatic heterocycles. The lowest BCUT2D eigenvalue weighted by Crippen LogP contribution is -2.27. The number of hydrogen-bond donors (Lipinski definition) is 1. The number of carbonyl (C=O) groups excluding carboxylic acids is 3. The van der Waals surface area contributed by atoms with Gasteiger partial charge in [0.15, 0.2) is 5.78 Å². The summed E-state index contributed by atoms with van der Waals surface area (Å²) in [5.41, 5.74) is -0.465. The van der Waals surface area contributed by atoms with Crippen LogP contribution in [0.3, 0.4) is 0 Å². The van der Waals surface area contributed by atoms with Crippen molar-refractivity contribution in [2.75, 3.05) is 6.61 Å². The van der Waals surface area contributed by atoms with E-state index in [4.69, 9.17) is 4.74 Å². The van der Waals surface area contributed by atoms with Gasteiger partial charge in [-0.15, -0.1) is 0 Å². The van der Waals surface area contributed by atoms with Crippen molar-refractivity contribution in [1.29, 1.82) is 0 Å². The molecule has 0 aliphatic rings. The average molecular weight is 356 g/mol. The van der Waals surface area contributed by atoms with Crippen molar-refractivity contribution in [2.45, 2.75) is 61.3 Å². The third-order valence-electron chi connectivity index (χ3n) is 3.59. The molecule has 0 aromatic carbocycles. The first kappa shape index (κ1) is 23.1. The van der Waals surface area contributed by atoms with Crippen molar-refractivity contribution in [2.24, 2.45) is 23.7 Å². The van der Waals surface area contributed by atoms with E-state index in [-0.39, 0.29) is 18.3 Å². The number of esters is 1. The third kappa shape index (κ3) is 8.70. The molecule has 0 aromatic heterocycles. The first-order valence-corrected chi connectivity index (χ1v) is 8.83. The second-order valence-electron chi connectivity index (χ2n) is 7.50. The highest BCUT2D eigenvalue weighted by atomic mass is 16.7. The van der Waals surface area contributed by atoms with Crippen molar-refractivity contribution in [1.82, 2.24) is 0 Å². The summed E-state index contributed by atoms with van der Waals surface area (Å²) < 4.78 is 9.38. The van der Waals surface area contributed by atoms with Crippen LogP contribution < -0.4 is 0 Å². The topological polar surface area (TPSA) is 89.9 Å². The molecule has 0 spiro atoms. The van der Waals surface area contributed by atoms with Crippen LogP contribution in [0.4, 0.5) is 4.79 Å². The molecule has 0 amide bonds. The van der Waals surface area contributed by atoms with Crippen molar-refractivity contribution < 1.29 is 29.0 Å². The normalized spacial score (nSPS) is 13.7. The van der Waals surface area contributed by atoms with E-state index in [9.17, 15) is 19.5 Å². The van der Waals surface area contributed by atoms with Crippen molar-refractivity contribution in [3.8, 4) is 0 Å². The Hall–Kier alpha value is -1.85. The molecule has 144 valence electrons. The lowest BCUT2D eigenvalue weighted by molar-refractivity contribution is -0.138. The second-order valence-corrected chi connectivity index (χ2v) is 7.50. The number of aliphatic hydroxyl groups is 1. The Kier molecular flexibility index (Phi) is 10.1. The zero-order chi connectivity index (χ0) is 19.7. The maximum atomic E-state index is 12.6. The highest BCUT2D eigenvalue weighted by molar-refractivity contribution is 6.19. The number of ether oxygens (including phenoxy) is 2. The Labute approximate surface area is 150 Å². The molecule has 0 rings (SSSR count). The molecule has 25 heavy (non-hydrogen) atoms. The lowest BCUT2D eigenvalue weighted by atomic mass is 9.90. The van der Waals surface area contributed by atoms with Gasteiger partial charge in [0.05, 0.1) is 6.61 Å². The van der Waals surface area contributed by atoms with Crippen LogP contribution in [0.1, 0.15) is 61.3 Å². The number of hydrogen-bond acceptors (Lipinski definition) is 6. The van der Waals surface area contributed by atoms with E-state index in [2.05, 4.69) is 4.74 Å². The van der Waals surface area contributed by atoms with Crippen LogP contribution in [0.15, 0.2) is 11.3 Å². The largest absolute Gasteiger partial charge is 0.516 e. The van der Waals surface area contributed by atoms with Crippen molar-refractivity contribution in [3.63, 3.8) is 0 Å². The quantitative estimate of drug-likeness (QED) is 0.216. The summed E-state index contributed by atoms with van der Waals surface area (Å²) in [6, 6.07) is 0. The maximum absolute atomic E-state index is 12.6.